The van der Waals surface area contributed by atoms with Crippen molar-refractivity contribution in [1.82, 2.24) is 5.32 Å². The van der Waals surface area contributed by atoms with Crippen molar-refractivity contribution < 1.29 is 9.47 Å². The van der Waals surface area contributed by atoms with Crippen LogP contribution in [0, 0.1) is 0 Å². The second kappa shape index (κ2) is 6.92. The van der Waals surface area contributed by atoms with Crippen LogP contribution >= 0.6 is 0 Å². The van der Waals surface area contributed by atoms with Crippen LogP contribution in [0.25, 0.3) is 10.8 Å². The Morgan fingerprint density at radius 3 is 2.57 bits per heavy atom. The lowest BCUT2D eigenvalue weighted by atomic mass is 10.0. The van der Waals surface area contributed by atoms with Gasteiger partial charge in [0.2, 0.25) is 0 Å². The Morgan fingerprint density at radius 2 is 1.86 bits per heavy atom. The average molecular weight is 287 g/mol. The minimum Gasteiger partial charge on any atom is -0.496 e. The summed E-state index contributed by atoms with van der Waals surface area (Å²) < 4.78 is 11.2. The highest BCUT2D eigenvalue weighted by molar-refractivity contribution is 5.87. The predicted molar refractivity (Wildman–Crippen MR) is 87.9 cm³/mol. The van der Waals surface area contributed by atoms with Crippen LogP contribution in [0.5, 0.6) is 5.75 Å². The second-order valence-electron chi connectivity index (χ2n) is 5.76. The summed E-state index contributed by atoms with van der Waals surface area (Å²) in [5, 5.41) is 5.96. The topological polar surface area (TPSA) is 30.5 Å². The molecular formula is C18H25NO2. The van der Waals surface area contributed by atoms with Gasteiger partial charge in [0.1, 0.15) is 5.75 Å². The van der Waals surface area contributed by atoms with Crippen molar-refractivity contribution in [2.24, 2.45) is 0 Å². The van der Waals surface area contributed by atoms with Crippen LogP contribution in [0.1, 0.15) is 26.3 Å². The average Bonchev–Trinajstić information content (AvgIpc) is 2.47. The largest absolute Gasteiger partial charge is 0.496 e. The van der Waals surface area contributed by atoms with E-state index >= 15 is 0 Å². The molecule has 0 radical (unpaired) electrons. The predicted octanol–water partition coefficient (Wildman–Crippen LogP) is 3.75. The maximum atomic E-state index is 5.72. The normalized spacial score (nSPS) is 11.8. The number of fused-ring (bicyclic) bond motifs is 1. The van der Waals surface area contributed by atoms with Crippen LogP contribution < -0.4 is 10.1 Å². The monoisotopic (exact) mass is 287 g/mol. The van der Waals surface area contributed by atoms with Gasteiger partial charge < -0.3 is 14.8 Å². The number of benzene rings is 2. The molecule has 21 heavy (non-hydrogen) atoms. The molecule has 0 aromatic heterocycles. The van der Waals surface area contributed by atoms with Gasteiger partial charge in [0.25, 0.3) is 0 Å². The third-order valence-electron chi connectivity index (χ3n) is 3.61. The van der Waals surface area contributed by atoms with Crippen molar-refractivity contribution >= 4 is 10.8 Å². The Bertz CT molecular complexity index is 593. The van der Waals surface area contributed by atoms with Gasteiger partial charge in [0.05, 0.1) is 12.7 Å². The van der Waals surface area contributed by atoms with E-state index in [9.17, 15) is 0 Å². The SMILES string of the molecule is CCOC(C)(C)CNCc1c(OC)ccc2ccccc12. The second-order valence-corrected chi connectivity index (χ2v) is 5.76. The standard InChI is InChI=1S/C18H25NO2/c1-5-21-18(2,3)13-19-12-16-15-9-7-6-8-14(15)10-11-17(16)20-4/h6-11,19H,5,12-13H2,1-4H3. The highest BCUT2D eigenvalue weighted by Crippen LogP contribution is 2.27. The number of ether oxygens (including phenoxy) is 2. The molecule has 0 spiro atoms. The first-order chi connectivity index (χ1) is 10.1. The first kappa shape index (κ1) is 15.8. The molecule has 2 rings (SSSR count). The molecule has 0 aliphatic heterocycles. The molecule has 0 heterocycles. The van der Waals surface area contributed by atoms with Gasteiger partial charge in [-0.3, -0.25) is 0 Å². The minimum absolute atomic E-state index is 0.160. The summed E-state index contributed by atoms with van der Waals surface area (Å²) in [5.74, 6) is 0.926. The zero-order valence-electron chi connectivity index (χ0n) is 13.4. The summed E-state index contributed by atoms with van der Waals surface area (Å²) in [6, 6.07) is 12.5. The Hall–Kier alpha value is -1.58. The molecule has 0 bridgehead atoms. The molecule has 3 heteroatoms. The van der Waals surface area contributed by atoms with Crippen LogP contribution in [0.3, 0.4) is 0 Å². The molecule has 0 aliphatic rings. The quantitative estimate of drug-likeness (QED) is 0.841. The number of hydrogen-bond donors (Lipinski definition) is 1. The molecule has 0 saturated heterocycles. The zero-order chi connectivity index (χ0) is 15.3. The molecule has 114 valence electrons. The maximum absolute atomic E-state index is 5.72. The van der Waals surface area contributed by atoms with E-state index in [2.05, 4.69) is 49.5 Å². The fourth-order valence-electron chi connectivity index (χ4n) is 2.62. The van der Waals surface area contributed by atoms with Crippen molar-refractivity contribution in [3.8, 4) is 5.75 Å². The van der Waals surface area contributed by atoms with Gasteiger partial charge in [0.15, 0.2) is 0 Å². The lowest BCUT2D eigenvalue weighted by Gasteiger charge is -2.25. The molecule has 0 amide bonds. The van der Waals surface area contributed by atoms with Gasteiger partial charge in [-0.2, -0.15) is 0 Å². The molecule has 3 nitrogen and oxygen atoms in total. The minimum atomic E-state index is -0.160. The van der Waals surface area contributed by atoms with Crippen LogP contribution in [-0.4, -0.2) is 25.9 Å². The Labute approximate surface area is 127 Å². The third kappa shape index (κ3) is 3.96. The lowest BCUT2D eigenvalue weighted by molar-refractivity contribution is -0.00898. The van der Waals surface area contributed by atoms with Crippen LogP contribution in [0.4, 0.5) is 0 Å². The number of rotatable bonds is 7. The van der Waals surface area contributed by atoms with Crippen LogP contribution in [0.15, 0.2) is 36.4 Å². The Kier molecular flexibility index (Phi) is 5.21. The van der Waals surface area contributed by atoms with Crippen molar-refractivity contribution in [1.29, 1.82) is 0 Å². The zero-order valence-corrected chi connectivity index (χ0v) is 13.4. The maximum Gasteiger partial charge on any atom is 0.123 e. The van der Waals surface area contributed by atoms with Crippen molar-refractivity contribution in [2.75, 3.05) is 20.3 Å². The summed E-state index contributed by atoms with van der Waals surface area (Å²) >= 11 is 0. The Morgan fingerprint density at radius 1 is 1.10 bits per heavy atom. The van der Waals surface area contributed by atoms with E-state index in [1.165, 1.54) is 16.3 Å². The summed E-state index contributed by atoms with van der Waals surface area (Å²) in [6.07, 6.45) is 0. The van der Waals surface area contributed by atoms with Crippen LogP contribution in [0.2, 0.25) is 0 Å². The fraction of sp³-hybridized carbons (Fsp3) is 0.444. The lowest BCUT2D eigenvalue weighted by Crippen LogP contribution is -2.37. The van der Waals surface area contributed by atoms with Gasteiger partial charge in [-0.05, 0) is 37.6 Å². The summed E-state index contributed by atoms with van der Waals surface area (Å²) in [5.41, 5.74) is 1.04. The van der Waals surface area contributed by atoms with E-state index in [4.69, 9.17) is 9.47 Å². The number of hydrogen-bond acceptors (Lipinski definition) is 3. The first-order valence-electron chi connectivity index (χ1n) is 7.46. The van der Waals surface area contributed by atoms with Gasteiger partial charge in [-0.15, -0.1) is 0 Å². The summed E-state index contributed by atoms with van der Waals surface area (Å²) in [4.78, 5) is 0. The molecule has 2 aromatic rings. The summed E-state index contributed by atoms with van der Waals surface area (Å²) in [6.45, 7) is 8.52. The highest BCUT2D eigenvalue weighted by atomic mass is 16.5. The van der Waals surface area contributed by atoms with Gasteiger partial charge >= 0.3 is 0 Å². The van der Waals surface area contributed by atoms with Gasteiger partial charge in [-0.25, -0.2) is 0 Å². The van der Waals surface area contributed by atoms with Crippen molar-refractivity contribution in [2.45, 2.75) is 32.9 Å². The number of methoxy groups -OCH3 is 1. The molecule has 1 N–H and O–H groups in total. The van der Waals surface area contributed by atoms with Crippen molar-refractivity contribution in [3.63, 3.8) is 0 Å². The third-order valence-corrected chi connectivity index (χ3v) is 3.61. The van der Waals surface area contributed by atoms with Gasteiger partial charge in [-0.1, -0.05) is 30.3 Å². The molecule has 0 aliphatic carbocycles. The molecule has 2 aromatic carbocycles. The van der Waals surface area contributed by atoms with E-state index in [1.807, 2.05) is 13.0 Å². The fourth-order valence-corrected chi connectivity index (χ4v) is 2.62. The van der Waals surface area contributed by atoms with E-state index in [1.54, 1.807) is 7.11 Å². The van der Waals surface area contributed by atoms with Crippen LogP contribution in [-0.2, 0) is 11.3 Å². The summed E-state index contributed by atoms with van der Waals surface area (Å²) in [7, 11) is 1.72. The van der Waals surface area contributed by atoms with E-state index in [-0.39, 0.29) is 5.60 Å². The smallest absolute Gasteiger partial charge is 0.123 e. The van der Waals surface area contributed by atoms with E-state index in [0.29, 0.717) is 0 Å². The first-order valence-corrected chi connectivity index (χ1v) is 7.46. The van der Waals surface area contributed by atoms with E-state index < -0.39 is 0 Å². The molecular weight excluding hydrogens is 262 g/mol. The van der Waals surface area contributed by atoms with Gasteiger partial charge in [0, 0.05) is 25.3 Å². The van der Waals surface area contributed by atoms with Crippen molar-refractivity contribution in [3.05, 3.63) is 42.0 Å². The molecule has 0 unspecified atom stereocenters. The van der Waals surface area contributed by atoms with E-state index in [0.717, 1.165) is 25.4 Å². The molecule has 0 saturated carbocycles. The highest BCUT2D eigenvalue weighted by Gasteiger charge is 2.17. The molecule has 0 atom stereocenters. The molecule has 0 fully saturated rings. The Balaban J connectivity index is 2.17. The number of nitrogens with one attached hydrogen (secondary N) is 1.